The third kappa shape index (κ3) is 2.18. The van der Waals surface area contributed by atoms with Crippen molar-refractivity contribution in [2.24, 2.45) is 0 Å². The van der Waals surface area contributed by atoms with Crippen LogP contribution in [0.1, 0.15) is 12.5 Å². The zero-order valence-electron chi connectivity index (χ0n) is 7.08. The summed E-state index contributed by atoms with van der Waals surface area (Å²) in [5.74, 6) is -0.848. The Hall–Kier alpha value is -1.58. The Morgan fingerprint density at radius 1 is 1.62 bits per heavy atom. The summed E-state index contributed by atoms with van der Waals surface area (Å²) in [6.07, 6.45) is -1.00. The third-order valence-electron chi connectivity index (χ3n) is 1.62. The van der Waals surface area contributed by atoms with E-state index in [1.807, 2.05) is 0 Å². The van der Waals surface area contributed by atoms with Gasteiger partial charge in [-0.2, -0.15) is 0 Å². The maximum atomic E-state index is 13.2. The molecule has 3 nitrogen and oxygen atoms in total. The van der Waals surface area contributed by atoms with Gasteiger partial charge in [0.2, 0.25) is 0 Å². The van der Waals surface area contributed by atoms with Gasteiger partial charge in [0, 0.05) is 0 Å². The standard InChI is InChI=1S/C9H9FO3/c1-2-6-4-3-5-7(8(6)10)13-9(11)12/h3-5H,2H2,1H3,(H,11,12). The van der Waals surface area contributed by atoms with E-state index in [-0.39, 0.29) is 5.75 Å². The number of hydrogen-bond acceptors (Lipinski definition) is 2. The van der Waals surface area contributed by atoms with Crippen LogP contribution in [0.5, 0.6) is 5.75 Å². The monoisotopic (exact) mass is 184 g/mol. The smallest absolute Gasteiger partial charge is 0.449 e. The molecular formula is C9H9FO3. The zero-order chi connectivity index (χ0) is 9.84. The van der Waals surface area contributed by atoms with E-state index in [0.29, 0.717) is 12.0 Å². The molecule has 0 fully saturated rings. The van der Waals surface area contributed by atoms with Crippen molar-refractivity contribution in [2.45, 2.75) is 13.3 Å². The molecule has 0 aliphatic rings. The van der Waals surface area contributed by atoms with Gasteiger partial charge in [-0.05, 0) is 18.1 Å². The number of carbonyl (C=O) groups is 1. The van der Waals surface area contributed by atoms with E-state index in [1.165, 1.54) is 6.07 Å². The first-order valence-electron chi connectivity index (χ1n) is 3.83. The lowest BCUT2D eigenvalue weighted by Gasteiger charge is -2.04. The fraction of sp³-hybridized carbons (Fsp3) is 0.222. The number of aryl methyl sites for hydroxylation is 1. The van der Waals surface area contributed by atoms with E-state index >= 15 is 0 Å². The number of hydrogen-bond donors (Lipinski definition) is 1. The molecule has 0 amide bonds. The summed E-state index contributed by atoms with van der Waals surface area (Å²) in [4.78, 5) is 10.1. The van der Waals surface area contributed by atoms with E-state index in [4.69, 9.17) is 5.11 Å². The van der Waals surface area contributed by atoms with Crippen molar-refractivity contribution in [3.63, 3.8) is 0 Å². The number of carboxylic acid groups (broad SMARTS) is 1. The molecule has 13 heavy (non-hydrogen) atoms. The lowest BCUT2D eigenvalue weighted by atomic mass is 10.1. The Morgan fingerprint density at radius 3 is 2.85 bits per heavy atom. The molecule has 70 valence electrons. The van der Waals surface area contributed by atoms with Crippen molar-refractivity contribution >= 4 is 6.16 Å². The molecule has 0 unspecified atom stereocenters. The van der Waals surface area contributed by atoms with Crippen LogP contribution < -0.4 is 4.74 Å². The third-order valence-corrected chi connectivity index (χ3v) is 1.62. The highest BCUT2D eigenvalue weighted by Crippen LogP contribution is 2.20. The predicted molar refractivity (Wildman–Crippen MR) is 44.4 cm³/mol. The first kappa shape index (κ1) is 9.51. The minimum Gasteiger partial charge on any atom is -0.449 e. The fourth-order valence-electron chi connectivity index (χ4n) is 1.00. The van der Waals surface area contributed by atoms with Gasteiger partial charge in [-0.25, -0.2) is 9.18 Å². The number of rotatable bonds is 2. The molecule has 0 saturated heterocycles. The largest absolute Gasteiger partial charge is 0.511 e. The van der Waals surface area contributed by atoms with Gasteiger partial charge >= 0.3 is 6.16 Å². The first-order valence-corrected chi connectivity index (χ1v) is 3.83. The van der Waals surface area contributed by atoms with Crippen molar-refractivity contribution in [2.75, 3.05) is 0 Å². The van der Waals surface area contributed by atoms with Crippen LogP contribution in [0.2, 0.25) is 0 Å². The molecule has 0 aliphatic carbocycles. The summed E-state index contributed by atoms with van der Waals surface area (Å²) in [6.45, 7) is 1.78. The summed E-state index contributed by atoms with van der Waals surface area (Å²) in [5, 5.41) is 8.27. The van der Waals surface area contributed by atoms with Crippen LogP contribution in [0.15, 0.2) is 18.2 Å². The summed E-state index contributed by atoms with van der Waals surface area (Å²) >= 11 is 0. The topological polar surface area (TPSA) is 46.5 Å². The highest BCUT2D eigenvalue weighted by molar-refractivity contribution is 5.61. The molecule has 0 heterocycles. The van der Waals surface area contributed by atoms with Crippen molar-refractivity contribution < 1.29 is 19.0 Å². The molecule has 0 atom stereocenters. The van der Waals surface area contributed by atoms with E-state index < -0.39 is 12.0 Å². The van der Waals surface area contributed by atoms with E-state index in [0.717, 1.165) is 0 Å². The molecule has 1 rings (SSSR count). The Balaban J connectivity index is 3.01. The molecule has 0 bridgehead atoms. The van der Waals surface area contributed by atoms with Crippen molar-refractivity contribution in [3.8, 4) is 5.75 Å². The average Bonchev–Trinajstić information content (AvgIpc) is 2.08. The first-order chi connectivity index (χ1) is 6.15. The number of benzene rings is 1. The summed E-state index contributed by atoms with van der Waals surface area (Å²) in [5.41, 5.74) is 0.443. The summed E-state index contributed by atoms with van der Waals surface area (Å²) in [7, 11) is 0. The van der Waals surface area contributed by atoms with Crippen LogP contribution in [0.3, 0.4) is 0 Å². The highest BCUT2D eigenvalue weighted by Gasteiger charge is 2.10. The van der Waals surface area contributed by atoms with Crippen molar-refractivity contribution in [1.29, 1.82) is 0 Å². The van der Waals surface area contributed by atoms with Crippen LogP contribution in [-0.2, 0) is 6.42 Å². The lowest BCUT2D eigenvalue weighted by molar-refractivity contribution is 0.142. The Kier molecular flexibility index (Phi) is 2.84. The Labute approximate surface area is 74.8 Å². The Bertz CT molecular complexity index is 323. The molecule has 0 saturated carbocycles. The maximum Gasteiger partial charge on any atom is 0.511 e. The predicted octanol–water partition coefficient (Wildman–Crippen LogP) is 2.44. The van der Waals surface area contributed by atoms with Gasteiger partial charge in [0.25, 0.3) is 0 Å². The van der Waals surface area contributed by atoms with Gasteiger partial charge in [0.05, 0.1) is 0 Å². The van der Waals surface area contributed by atoms with Crippen LogP contribution in [0, 0.1) is 5.82 Å². The molecule has 4 heteroatoms. The van der Waals surface area contributed by atoms with Gasteiger partial charge in [-0.1, -0.05) is 19.1 Å². The molecule has 0 spiro atoms. The number of ether oxygens (including phenoxy) is 1. The molecule has 1 aromatic rings. The molecule has 1 N–H and O–H groups in total. The number of halogens is 1. The van der Waals surface area contributed by atoms with Gasteiger partial charge < -0.3 is 9.84 Å². The lowest BCUT2D eigenvalue weighted by Crippen LogP contribution is -2.05. The fourth-order valence-corrected chi connectivity index (χ4v) is 1.00. The quantitative estimate of drug-likeness (QED) is 0.567. The van der Waals surface area contributed by atoms with Crippen LogP contribution >= 0.6 is 0 Å². The minimum atomic E-state index is -1.51. The van der Waals surface area contributed by atoms with Gasteiger partial charge in [0.1, 0.15) is 0 Å². The normalized spacial score (nSPS) is 9.69. The molecule has 0 radical (unpaired) electrons. The van der Waals surface area contributed by atoms with E-state index in [9.17, 15) is 9.18 Å². The second-order valence-corrected chi connectivity index (χ2v) is 2.45. The zero-order valence-corrected chi connectivity index (χ0v) is 7.08. The minimum absolute atomic E-state index is 0.244. The van der Waals surface area contributed by atoms with Gasteiger partial charge in [-0.3, -0.25) is 0 Å². The van der Waals surface area contributed by atoms with Gasteiger partial charge in [0.15, 0.2) is 11.6 Å². The molecular weight excluding hydrogens is 175 g/mol. The SMILES string of the molecule is CCc1cccc(OC(=O)O)c1F. The molecule has 0 aromatic heterocycles. The second-order valence-electron chi connectivity index (χ2n) is 2.45. The second kappa shape index (κ2) is 3.89. The van der Waals surface area contributed by atoms with Crippen molar-refractivity contribution in [3.05, 3.63) is 29.6 Å². The van der Waals surface area contributed by atoms with E-state index in [1.54, 1.807) is 19.1 Å². The van der Waals surface area contributed by atoms with Gasteiger partial charge in [-0.15, -0.1) is 0 Å². The maximum absolute atomic E-state index is 13.2. The van der Waals surface area contributed by atoms with E-state index in [2.05, 4.69) is 4.74 Å². The van der Waals surface area contributed by atoms with Crippen LogP contribution in [0.25, 0.3) is 0 Å². The average molecular weight is 184 g/mol. The van der Waals surface area contributed by atoms with Crippen LogP contribution in [0.4, 0.5) is 9.18 Å². The van der Waals surface area contributed by atoms with Crippen LogP contribution in [-0.4, -0.2) is 11.3 Å². The highest BCUT2D eigenvalue weighted by atomic mass is 19.1. The summed E-state index contributed by atoms with van der Waals surface area (Å²) in [6, 6.07) is 4.42. The molecule has 1 aromatic carbocycles. The van der Waals surface area contributed by atoms with Crippen molar-refractivity contribution in [1.82, 2.24) is 0 Å². The Morgan fingerprint density at radius 2 is 2.31 bits per heavy atom. The molecule has 0 aliphatic heterocycles. The summed E-state index contributed by atoms with van der Waals surface area (Å²) < 4.78 is 17.5.